The van der Waals surface area contributed by atoms with E-state index in [1.807, 2.05) is 12.1 Å². The number of carbonyl (C=O) groups is 2. The normalized spacial score (nSPS) is 13.5. The first-order valence-electron chi connectivity index (χ1n) is 6.20. The van der Waals surface area contributed by atoms with Crippen molar-refractivity contribution in [3.05, 3.63) is 29.8 Å². The van der Waals surface area contributed by atoms with Crippen LogP contribution in [0.2, 0.25) is 0 Å². The van der Waals surface area contributed by atoms with Gasteiger partial charge in [0.15, 0.2) is 0 Å². The summed E-state index contributed by atoms with van der Waals surface area (Å²) in [6.45, 7) is 3.46. The van der Waals surface area contributed by atoms with E-state index >= 15 is 0 Å². The van der Waals surface area contributed by atoms with Gasteiger partial charge in [0.2, 0.25) is 11.8 Å². The molecule has 2 unspecified atom stereocenters. The summed E-state index contributed by atoms with van der Waals surface area (Å²) >= 11 is 0. The van der Waals surface area contributed by atoms with Crippen LogP contribution in [0.25, 0.3) is 0 Å². The second-order valence-electron chi connectivity index (χ2n) is 4.85. The molecule has 1 rings (SSSR count). The standard InChI is InChI=1S/C14H21N3O2/c1-9(11-6-5-7-12(15)8-11)13(18)16-10(2)14(19)17(3)4/h5-10H,15H2,1-4H3,(H,16,18). The lowest BCUT2D eigenvalue weighted by Crippen LogP contribution is -2.45. The van der Waals surface area contributed by atoms with Gasteiger partial charge in [0.05, 0.1) is 5.92 Å². The van der Waals surface area contributed by atoms with Crippen LogP contribution in [-0.2, 0) is 9.59 Å². The molecule has 0 bridgehead atoms. The van der Waals surface area contributed by atoms with E-state index < -0.39 is 6.04 Å². The van der Waals surface area contributed by atoms with Gasteiger partial charge < -0.3 is 16.0 Å². The van der Waals surface area contributed by atoms with Gasteiger partial charge in [-0.3, -0.25) is 9.59 Å². The molecule has 104 valence electrons. The molecule has 0 aromatic heterocycles. The molecule has 1 aromatic rings. The van der Waals surface area contributed by atoms with Crippen molar-refractivity contribution in [3.8, 4) is 0 Å². The Morgan fingerprint density at radius 3 is 2.42 bits per heavy atom. The number of nitrogen functional groups attached to an aromatic ring is 1. The van der Waals surface area contributed by atoms with Gasteiger partial charge in [-0.05, 0) is 31.5 Å². The Hall–Kier alpha value is -2.04. The van der Waals surface area contributed by atoms with Gasteiger partial charge in [0.25, 0.3) is 0 Å². The van der Waals surface area contributed by atoms with Crippen molar-refractivity contribution in [2.45, 2.75) is 25.8 Å². The van der Waals surface area contributed by atoms with Gasteiger partial charge in [-0.25, -0.2) is 0 Å². The molecule has 1 aromatic carbocycles. The van der Waals surface area contributed by atoms with Crippen molar-refractivity contribution in [1.29, 1.82) is 0 Å². The van der Waals surface area contributed by atoms with Crippen LogP contribution < -0.4 is 11.1 Å². The lowest BCUT2D eigenvalue weighted by molar-refractivity contribution is -0.134. The van der Waals surface area contributed by atoms with Crippen molar-refractivity contribution in [3.63, 3.8) is 0 Å². The molecule has 0 aliphatic carbocycles. The van der Waals surface area contributed by atoms with Gasteiger partial charge in [-0.1, -0.05) is 12.1 Å². The number of carbonyl (C=O) groups excluding carboxylic acids is 2. The number of nitrogens with one attached hydrogen (secondary N) is 1. The molecule has 0 fully saturated rings. The first-order chi connectivity index (χ1) is 8.82. The second-order valence-corrected chi connectivity index (χ2v) is 4.85. The quantitative estimate of drug-likeness (QED) is 0.795. The Bertz CT molecular complexity index is 472. The molecule has 0 heterocycles. The summed E-state index contributed by atoms with van der Waals surface area (Å²) in [5.74, 6) is -0.665. The van der Waals surface area contributed by atoms with Crippen LogP contribution >= 0.6 is 0 Å². The molecule has 5 nitrogen and oxygen atoms in total. The number of hydrogen-bond acceptors (Lipinski definition) is 3. The average Bonchev–Trinajstić information content (AvgIpc) is 2.36. The Morgan fingerprint density at radius 2 is 1.89 bits per heavy atom. The first-order valence-corrected chi connectivity index (χ1v) is 6.20. The van der Waals surface area contributed by atoms with Crippen molar-refractivity contribution < 1.29 is 9.59 Å². The monoisotopic (exact) mass is 263 g/mol. The van der Waals surface area contributed by atoms with Crippen molar-refractivity contribution >= 4 is 17.5 Å². The zero-order valence-corrected chi connectivity index (χ0v) is 11.8. The fourth-order valence-corrected chi connectivity index (χ4v) is 1.77. The summed E-state index contributed by atoms with van der Waals surface area (Å²) in [6.07, 6.45) is 0. The van der Waals surface area contributed by atoms with Crippen LogP contribution in [0.3, 0.4) is 0 Å². The third-order valence-corrected chi connectivity index (χ3v) is 2.97. The van der Waals surface area contributed by atoms with E-state index in [0.717, 1.165) is 5.56 Å². The summed E-state index contributed by atoms with van der Waals surface area (Å²) in [6, 6.07) is 6.66. The molecule has 5 heteroatoms. The number of hydrogen-bond donors (Lipinski definition) is 2. The smallest absolute Gasteiger partial charge is 0.244 e. The average molecular weight is 263 g/mol. The lowest BCUT2D eigenvalue weighted by atomic mass is 9.99. The largest absolute Gasteiger partial charge is 0.399 e. The third-order valence-electron chi connectivity index (χ3n) is 2.97. The fraction of sp³-hybridized carbons (Fsp3) is 0.429. The van der Waals surface area contributed by atoms with E-state index in [0.29, 0.717) is 5.69 Å². The van der Waals surface area contributed by atoms with E-state index in [1.54, 1.807) is 40.1 Å². The first kappa shape index (κ1) is 15.0. The Labute approximate surface area is 113 Å². The maximum Gasteiger partial charge on any atom is 0.244 e. The summed E-state index contributed by atoms with van der Waals surface area (Å²) in [5.41, 5.74) is 7.15. The minimum atomic E-state index is -0.536. The van der Waals surface area contributed by atoms with Crippen molar-refractivity contribution in [1.82, 2.24) is 10.2 Å². The van der Waals surface area contributed by atoms with E-state index in [-0.39, 0.29) is 17.7 Å². The molecular weight excluding hydrogens is 242 g/mol. The van der Waals surface area contributed by atoms with Crippen molar-refractivity contribution in [2.24, 2.45) is 0 Å². The maximum atomic E-state index is 12.1. The van der Waals surface area contributed by atoms with Gasteiger partial charge >= 0.3 is 0 Å². The number of benzene rings is 1. The van der Waals surface area contributed by atoms with Crippen LogP contribution in [0.1, 0.15) is 25.3 Å². The second kappa shape index (κ2) is 6.22. The minimum absolute atomic E-state index is 0.131. The van der Waals surface area contributed by atoms with Gasteiger partial charge in [-0.2, -0.15) is 0 Å². The van der Waals surface area contributed by atoms with Gasteiger partial charge in [0.1, 0.15) is 6.04 Å². The fourth-order valence-electron chi connectivity index (χ4n) is 1.77. The molecule has 2 amide bonds. The van der Waals surface area contributed by atoms with E-state index in [2.05, 4.69) is 5.32 Å². The maximum absolute atomic E-state index is 12.1. The van der Waals surface area contributed by atoms with Crippen LogP contribution in [0, 0.1) is 0 Å². The van der Waals surface area contributed by atoms with Crippen LogP contribution in [-0.4, -0.2) is 36.9 Å². The topological polar surface area (TPSA) is 75.4 Å². The number of rotatable bonds is 4. The number of amides is 2. The number of nitrogens with two attached hydrogens (primary N) is 1. The van der Waals surface area contributed by atoms with Crippen molar-refractivity contribution in [2.75, 3.05) is 19.8 Å². The summed E-state index contributed by atoms with van der Waals surface area (Å²) < 4.78 is 0. The van der Waals surface area contributed by atoms with Crippen LogP contribution in [0.15, 0.2) is 24.3 Å². The molecule has 0 spiro atoms. The van der Waals surface area contributed by atoms with E-state index in [4.69, 9.17) is 5.73 Å². The van der Waals surface area contributed by atoms with Crippen LogP contribution in [0.5, 0.6) is 0 Å². The van der Waals surface area contributed by atoms with Gasteiger partial charge in [-0.15, -0.1) is 0 Å². The Morgan fingerprint density at radius 1 is 1.26 bits per heavy atom. The predicted octanol–water partition coefficient (Wildman–Crippen LogP) is 0.965. The van der Waals surface area contributed by atoms with E-state index in [9.17, 15) is 9.59 Å². The molecule has 19 heavy (non-hydrogen) atoms. The zero-order valence-electron chi connectivity index (χ0n) is 11.8. The number of anilines is 1. The summed E-state index contributed by atoms with van der Waals surface area (Å²) in [4.78, 5) is 25.2. The number of likely N-dealkylation sites (N-methyl/N-ethyl adjacent to an activating group) is 1. The highest BCUT2D eigenvalue weighted by Crippen LogP contribution is 2.17. The van der Waals surface area contributed by atoms with Gasteiger partial charge in [0, 0.05) is 19.8 Å². The van der Waals surface area contributed by atoms with E-state index in [1.165, 1.54) is 4.90 Å². The molecular formula is C14H21N3O2. The molecule has 0 aliphatic heterocycles. The molecule has 2 atom stereocenters. The molecule has 0 aliphatic rings. The highest BCUT2D eigenvalue weighted by molar-refractivity contribution is 5.90. The molecule has 0 saturated heterocycles. The highest BCUT2D eigenvalue weighted by atomic mass is 16.2. The SMILES string of the molecule is CC(NC(=O)C(C)c1cccc(N)c1)C(=O)N(C)C. The third kappa shape index (κ3) is 3.98. The van der Waals surface area contributed by atoms with Crippen LogP contribution in [0.4, 0.5) is 5.69 Å². The molecule has 0 radical (unpaired) electrons. The summed E-state index contributed by atoms with van der Waals surface area (Å²) in [5, 5.41) is 2.71. The highest BCUT2D eigenvalue weighted by Gasteiger charge is 2.21. The predicted molar refractivity (Wildman–Crippen MR) is 75.6 cm³/mol. The number of nitrogens with zero attached hydrogens (tertiary/aromatic N) is 1. The molecule has 0 saturated carbocycles. The summed E-state index contributed by atoms with van der Waals surface area (Å²) in [7, 11) is 3.32. The Balaban J connectivity index is 2.71. The lowest BCUT2D eigenvalue weighted by Gasteiger charge is -2.20. The zero-order chi connectivity index (χ0) is 14.6. The minimum Gasteiger partial charge on any atom is -0.399 e. The Kier molecular flexibility index (Phi) is 4.92. The molecule has 3 N–H and O–H groups in total.